The fourth-order valence-electron chi connectivity index (χ4n) is 1.68. The van der Waals surface area contributed by atoms with E-state index < -0.39 is 29.5 Å². The number of carbonyl (C=O) groups is 1. The lowest BCUT2D eigenvalue weighted by molar-refractivity contribution is -0.120. The molecular weight excluding hydrogens is 310 g/mol. The second kappa shape index (κ2) is 5.29. The van der Waals surface area contributed by atoms with Gasteiger partial charge in [0.05, 0.1) is 29.3 Å². The zero-order valence-corrected chi connectivity index (χ0v) is 10.8. The molecule has 0 aromatic heterocycles. The van der Waals surface area contributed by atoms with E-state index in [1.807, 2.05) is 0 Å². The Labute approximate surface area is 111 Å². The molecule has 0 saturated carbocycles. The molecule has 2 rings (SSSR count). The van der Waals surface area contributed by atoms with Gasteiger partial charge in [-0.05, 0) is 22.0 Å². The Balaban J connectivity index is 2.14. The summed E-state index contributed by atoms with van der Waals surface area (Å²) in [5, 5.41) is 2.32. The van der Waals surface area contributed by atoms with Crippen molar-refractivity contribution in [1.29, 1.82) is 0 Å². The van der Waals surface area contributed by atoms with Crippen LogP contribution < -0.4 is 11.1 Å². The zero-order chi connectivity index (χ0) is 13.3. The molecule has 2 unspecified atom stereocenters. The lowest BCUT2D eigenvalue weighted by Gasteiger charge is -2.14. The third-order valence-corrected chi connectivity index (χ3v) is 3.34. The number of nitrogens with one attached hydrogen (secondary N) is 1. The van der Waals surface area contributed by atoms with Gasteiger partial charge in [-0.25, -0.2) is 8.78 Å². The number of hydrogen-bond acceptors (Lipinski definition) is 3. The van der Waals surface area contributed by atoms with Crippen LogP contribution in [0.5, 0.6) is 0 Å². The minimum Gasteiger partial charge on any atom is -0.379 e. The summed E-state index contributed by atoms with van der Waals surface area (Å²) in [6.07, 6.45) is 0. The van der Waals surface area contributed by atoms with Crippen molar-refractivity contribution in [3.63, 3.8) is 0 Å². The van der Waals surface area contributed by atoms with Crippen molar-refractivity contribution in [3.8, 4) is 0 Å². The van der Waals surface area contributed by atoms with E-state index in [-0.39, 0.29) is 23.4 Å². The van der Waals surface area contributed by atoms with Crippen LogP contribution in [0.2, 0.25) is 0 Å². The third kappa shape index (κ3) is 2.68. The maximum absolute atomic E-state index is 13.5. The number of anilines is 1. The van der Waals surface area contributed by atoms with Crippen molar-refractivity contribution in [1.82, 2.24) is 0 Å². The molecule has 4 nitrogen and oxygen atoms in total. The van der Waals surface area contributed by atoms with Crippen LogP contribution in [-0.2, 0) is 9.53 Å². The van der Waals surface area contributed by atoms with Crippen molar-refractivity contribution >= 4 is 27.5 Å². The summed E-state index contributed by atoms with van der Waals surface area (Å²) < 4.78 is 31.8. The predicted octanol–water partition coefficient (Wildman–Crippen LogP) is 1.64. The van der Waals surface area contributed by atoms with Gasteiger partial charge in [0.1, 0.15) is 11.6 Å². The van der Waals surface area contributed by atoms with E-state index >= 15 is 0 Å². The molecule has 1 aliphatic rings. The molecule has 3 N–H and O–H groups in total. The SMILES string of the molecule is NC1COCC1C(=O)Nc1cc(F)c(Br)cc1F. The first-order chi connectivity index (χ1) is 8.49. The molecular formula is C11H11BrF2N2O2. The minimum atomic E-state index is -0.718. The molecule has 1 saturated heterocycles. The summed E-state index contributed by atoms with van der Waals surface area (Å²) in [7, 11) is 0. The molecule has 1 aliphatic heterocycles. The Bertz CT molecular complexity index is 484. The van der Waals surface area contributed by atoms with E-state index in [2.05, 4.69) is 21.2 Å². The van der Waals surface area contributed by atoms with Crippen LogP contribution in [0.1, 0.15) is 0 Å². The van der Waals surface area contributed by atoms with Crippen molar-refractivity contribution in [2.24, 2.45) is 11.7 Å². The topological polar surface area (TPSA) is 64.3 Å². The van der Waals surface area contributed by atoms with Crippen LogP contribution in [0.4, 0.5) is 14.5 Å². The molecule has 1 aromatic rings. The second-order valence-electron chi connectivity index (χ2n) is 4.04. The molecule has 1 amide bonds. The van der Waals surface area contributed by atoms with Crippen LogP contribution in [0.15, 0.2) is 16.6 Å². The number of nitrogens with two attached hydrogens (primary N) is 1. The fourth-order valence-corrected chi connectivity index (χ4v) is 2.00. The maximum atomic E-state index is 13.5. The summed E-state index contributed by atoms with van der Waals surface area (Å²) in [5.74, 6) is -2.39. The van der Waals surface area contributed by atoms with Crippen molar-refractivity contribution in [2.75, 3.05) is 18.5 Å². The van der Waals surface area contributed by atoms with Crippen LogP contribution >= 0.6 is 15.9 Å². The number of hydrogen-bond donors (Lipinski definition) is 2. The Hall–Kier alpha value is -1.05. The van der Waals surface area contributed by atoms with Gasteiger partial charge in [0.25, 0.3) is 0 Å². The van der Waals surface area contributed by atoms with E-state index in [1.165, 1.54) is 0 Å². The van der Waals surface area contributed by atoms with Gasteiger partial charge in [-0.15, -0.1) is 0 Å². The molecule has 0 spiro atoms. The van der Waals surface area contributed by atoms with Crippen molar-refractivity contribution in [2.45, 2.75) is 6.04 Å². The molecule has 7 heteroatoms. The molecule has 18 heavy (non-hydrogen) atoms. The highest BCUT2D eigenvalue weighted by molar-refractivity contribution is 9.10. The minimum absolute atomic E-state index is 0.00102. The third-order valence-electron chi connectivity index (χ3n) is 2.73. The van der Waals surface area contributed by atoms with Crippen LogP contribution in [0.3, 0.4) is 0 Å². The maximum Gasteiger partial charge on any atom is 0.231 e. The zero-order valence-electron chi connectivity index (χ0n) is 9.25. The van der Waals surface area contributed by atoms with Crippen LogP contribution in [0, 0.1) is 17.6 Å². The first kappa shape index (κ1) is 13.4. The van der Waals surface area contributed by atoms with Gasteiger partial charge in [-0.2, -0.15) is 0 Å². The predicted molar refractivity (Wildman–Crippen MR) is 65.0 cm³/mol. The van der Waals surface area contributed by atoms with E-state index in [1.54, 1.807) is 0 Å². The second-order valence-corrected chi connectivity index (χ2v) is 4.90. The number of halogens is 3. The highest BCUT2D eigenvalue weighted by Gasteiger charge is 2.31. The standard InChI is InChI=1S/C11H11BrF2N2O2/c12-6-1-8(14)10(2-7(6)13)16-11(17)5-3-18-4-9(5)15/h1-2,5,9H,3-4,15H2,(H,16,17). The summed E-state index contributed by atoms with van der Waals surface area (Å²) >= 11 is 2.85. The largest absolute Gasteiger partial charge is 0.379 e. The van der Waals surface area contributed by atoms with Gasteiger partial charge in [0.2, 0.25) is 5.91 Å². The summed E-state index contributed by atoms with van der Waals surface area (Å²) in [6, 6.07) is 1.45. The average Bonchev–Trinajstić information content (AvgIpc) is 2.72. The van der Waals surface area contributed by atoms with Gasteiger partial charge < -0.3 is 15.8 Å². The van der Waals surface area contributed by atoms with E-state index in [0.29, 0.717) is 0 Å². The number of amides is 1. The number of benzene rings is 1. The number of carbonyl (C=O) groups excluding carboxylic acids is 1. The highest BCUT2D eigenvalue weighted by Crippen LogP contribution is 2.24. The quantitative estimate of drug-likeness (QED) is 0.814. The molecule has 1 fully saturated rings. The lowest BCUT2D eigenvalue weighted by atomic mass is 10.0. The van der Waals surface area contributed by atoms with E-state index in [9.17, 15) is 13.6 Å². The van der Waals surface area contributed by atoms with E-state index in [4.69, 9.17) is 10.5 Å². The molecule has 0 aliphatic carbocycles. The Morgan fingerprint density at radius 3 is 2.72 bits per heavy atom. The van der Waals surface area contributed by atoms with Gasteiger partial charge in [0.15, 0.2) is 0 Å². The van der Waals surface area contributed by atoms with Gasteiger partial charge >= 0.3 is 0 Å². The van der Waals surface area contributed by atoms with Gasteiger partial charge in [-0.3, -0.25) is 4.79 Å². The monoisotopic (exact) mass is 320 g/mol. The first-order valence-corrected chi connectivity index (χ1v) is 6.07. The molecule has 98 valence electrons. The highest BCUT2D eigenvalue weighted by atomic mass is 79.9. The van der Waals surface area contributed by atoms with Gasteiger partial charge in [0, 0.05) is 12.1 Å². The van der Waals surface area contributed by atoms with Gasteiger partial charge in [-0.1, -0.05) is 0 Å². The first-order valence-electron chi connectivity index (χ1n) is 5.27. The molecule has 0 bridgehead atoms. The normalized spacial score (nSPS) is 23.1. The molecule has 2 atom stereocenters. The van der Waals surface area contributed by atoms with Crippen molar-refractivity contribution < 1.29 is 18.3 Å². The molecule has 1 aromatic carbocycles. The van der Waals surface area contributed by atoms with Crippen molar-refractivity contribution in [3.05, 3.63) is 28.2 Å². The number of rotatable bonds is 2. The summed E-state index contributed by atoms with van der Waals surface area (Å²) in [6.45, 7) is 0.475. The van der Waals surface area contributed by atoms with Crippen LogP contribution in [-0.4, -0.2) is 25.2 Å². The lowest BCUT2D eigenvalue weighted by Crippen LogP contribution is -2.37. The summed E-state index contributed by atoms with van der Waals surface area (Å²) in [5.41, 5.74) is 5.46. The fraction of sp³-hybridized carbons (Fsp3) is 0.364. The number of ether oxygens (including phenoxy) is 1. The van der Waals surface area contributed by atoms with Crippen LogP contribution in [0.25, 0.3) is 0 Å². The Morgan fingerprint density at radius 1 is 1.39 bits per heavy atom. The molecule has 0 radical (unpaired) electrons. The summed E-state index contributed by atoms with van der Waals surface area (Å²) in [4.78, 5) is 11.8. The Kier molecular flexibility index (Phi) is 3.94. The van der Waals surface area contributed by atoms with E-state index in [0.717, 1.165) is 12.1 Å². The smallest absolute Gasteiger partial charge is 0.231 e. The molecule has 1 heterocycles. The Morgan fingerprint density at radius 2 is 2.11 bits per heavy atom. The average molecular weight is 321 g/mol.